The summed E-state index contributed by atoms with van der Waals surface area (Å²) in [5.74, 6) is -1.22. The highest BCUT2D eigenvalue weighted by Gasteiger charge is 2.10. The Labute approximate surface area is 99.8 Å². The molecule has 0 saturated heterocycles. The molecule has 0 bridgehead atoms. The summed E-state index contributed by atoms with van der Waals surface area (Å²) in [6, 6.07) is 6.36. The van der Waals surface area contributed by atoms with Gasteiger partial charge in [-0.1, -0.05) is 12.1 Å². The Balaban J connectivity index is 2.61. The molecule has 92 valence electrons. The molecule has 5 heteroatoms. The van der Waals surface area contributed by atoms with E-state index in [1.165, 1.54) is 6.07 Å². The predicted molar refractivity (Wildman–Crippen MR) is 65.2 cm³/mol. The molecule has 0 heterocycles. The lowest BCUT2D eigenvalue weighted by Gasteiger charge is -2.07. The lowest BCUT2D eigenvalue weighted by Crippen LogP contribution is -2.16. The highest BCUT2D eigenvalue weighted by molar-refractivity contribution is 6.00. The van der Waals surface area contributed by atoms with Gasteiger partial charge in [-0.3, -0.25) is 4.79 Å². The van der Waals surface area contributed by atoms with E-state index in [0.717, 1.165) is 13.0 Å². The van der Waals surface area contributed by atoms with Crippen LogP contribution in [-0.4, -0.2) is 30.6 Å². The number of anilines is 1. The van der Waals surface area contributed by atoms with Crippen molar-refractivity contribution in [2.75, 3.05) is 18.9 Å². The van der Waals surface area contributed by atoms with Crippen LogP contribution in [0.15, 0.2) is 24.3 Å². The molecule has 1 amide bonds. The van der Waals surface area contributed by atoms with Gasteiger partial charge in [-0.2, -0.15) is 0 Å². The Morgan fingerprint density at radius 3 is 2.65 bits per heavy atom. The van der Waals surface area contributed by atoms with Gasteiger partial charge in [0.1, 0.15) is 0 Å². The summed E-state index contributed by atoms with van der Waals surface area (Å²) in [7, 11) is 1.82. The standard InChI is InChI=1S/C12H16N2O3/c1-13-8-4-7-11(15)14-10-6-3-2-5-9(10)12(16)17/h2-3,5-6,13H,4,7-8H2,1H3,(H,14,15)(H,16,17). The first-order chi connectivity index (χ1) is 8.15. The first-order valence-corrected chi connectivity index (χ1v) is 5.42. The number of carboxylic acids is 1. The van der Waals surface area contributed by atoms with Crippen LogP contribution in [0.5, 0.6) is 0 Å². The summed E-state index contributed by atoms with van der Waals surface area (Å²) in [6.45, 7) is 0.758. The molecule has 5 nitrogen and oxygen atoms in total. The average molecular weight is 236 g/mol. The van der Waals surface area contributed by atoms with Crippen molar-refractivity contribution in [3.05, 3.63) is 29.8 Å². The quantitative estimate of drug-likeness (QED) is 0.651. The summed E-state index contributed by atoms with van der Waals surface area (Å²) in [5, 5.41) is 14.5. The van der Waals surface area contributed by atoms with Gasteiger partial charge in [0.25, 0.3) is 0 Å². The number of amides is 1. The zero-order chi connectivity index (χ0) is 12.7. The monoisotopic (exact) mass is 236 g/mol. The second kappa shape index (κ2) is 6.65. The first kappa shape index (κ1) is 13.2. The zero-order valence-electron chi connectivity index (χ0n) is 9.69. The van der Waals surface area contributed by atoms with Crippen molar-refractivity contribution in [1.82, 2.24) is 5.32 Å². The van der Waals surface area contributed by atoms with Gasteiger partial charge in [0, 0.05) is 6.42 Å². The van der Waals surface area contributed by atoms with Crippen molar-refractivity contribution in [2.45, 2.75) is 12.8 Å². The van der Waals surface area contributed by atoms with Crippen LogP contribution in [-0.2, 0) is 4.79 Å². The third-order valence-corrected chi connectivity index (χ3v) is 2.26. The smallest absolute Gasteiger partial charge is 0.337 e. The minimum atomic E-state index is -1.05. The van der Waals surface area contributed by atoms with Crippen molar-refractivity contribution in [3.8, 4) is 0 Å². The van der Waals surface area contributed by atoms with Crippen LogP contribution in [0, 0.1) is 0 Å². The molecular formula is C12H16N2O3. The second-order valence-corrected chi connectivity index (χ2v) is 3.61. The minimum Gasteiger partial charge on any atom is -0.478 e. The highest BCUT2D eigenvalue weighted by Crippen LogP contribution is 2.15. The predicted octanol–water partition coefficient (Wildman–Crippen LogP) is 1.32. The second-order valence-electron chi connectivity index (χ2n) is 3.61. The molecule has 0 atom stereocenters. The van der Waals surface area contributed by atoms with Gasteiger partial charge in [0.15, 0.2) is 0 Å². The summed E-state index contributed by atoms with van der Waals surface area (Å²) in [6.07, 6.45) is 1.09. The number of carbonyl (C=O) groups is 2. The minimum absolute atomic E-state index is 0.106. The van der Waals surface area contributed by atoms with Crippen molar-refractivity contribution in [2.24, 2.45) is 0 Å². The molecule has 17 heavy (non-hydrogen) atoms. The zero-order valence-corrected chi connectivity index (χ0v) is 9.69. The number of carbonyl (C=O) groups excluding carboxylic acids is 1. The Bertz CT molecular complexity index is 404. The molecule has 1 aromatic rings. The molecule has 3 N–H and O–H groups in total. The Morgan fingerprint density at radius 1 is 1.29 bits per heavy atom. The van der Waals surface area contributed by atoms with Crippen molar-refractivity contribution < 1.29 is 14.7 Å². The number of nitrogens with one attached hydrogen (secondary N) is 2. The molecular weight excluding hydrogens is 220 g/mol. The summed E-state index contributed by atoms with van der Waals surface area (Å²) in [5.41, 5.74) is 0.448. The lowest BCUT2D eigenvalue weighted by molar-refractivity contribution is -0.116. The Kier molecular flexibility index (Phi) is 5.16. The molecule has 0 spiro atoms. The van der Waals surface area contributed by atoms with E-state index in [-0.39, 0.29) is 11.5 Å². The number of benzene rings is 1. The van der Waals surface area contributed by atoms with E-state index in [9.17, 15) is 9.59 Å². The Morgan fingerprint density at radius 2 is 2.00 bits per heavy atom. The molecule has 0 aliphatic heterocycles. The largest absolute Gasteiger partial charge is 0.478 e. The summed E-state index contributed by atoms with van der Waals surface area (Å²) in [4.78, 5) is 22.4. The van der Waals surface area contributed by atoms with Gasteiger partial charge in [-0.15, -0.1) is 0 Å². The van der Waals surface area contributed by atoms with Crippen molar-refractivity contribution in [1.29, 1.82) is 0 Å². The third kappa shape index (κ3) is 4.24. The number of rotatable bonds is 6. The Hall–Kier alpha value is -1.88. The average Bonchev–Trinajstić information content (AvgIpc) is 2.29. The van der Waals surface area contributed by atoms with Crippen LogP contribution in [0.3, 0.4) is 0 Å². The van der Waals surface area contributed by atoms with Crippen LogP contribution in [0.25, 0.3) is 0 Å². The normalized spacial score (nSPS) is 9.94. The van der Waals surface area contributed by atoms with Crippen LogP contribution < -0.4 is 10.6 Å². The number of hydrogen-bond acceptors (Lipinski definition) is 3. The van der Waals surface area contributed by atoms with E-state index in [0.29, 0.717) is 12.1 Å². The van der Waals surface area contributed by atoms with E-state index in [4.69, 9.17) is 5.11 Å². The molecule has 0 unspecified atom stereocenters. The van der Waals surface area contributed by atoms with Crippen LogP contribution in [0.4, 0.5) is 5.69 Å². The third-order valence-electron chi connectivity index (χ3n) is 2.26. The number of aromatic carboxylic acids is 1. The number of carboxylic acid groups (broad SMARTS) is 1. The molecule has 0 aliphatic carbocycles. The molecule has 1 rings (SSSR count). The van der Waals surface area contributed by atoms with Gasteiger partial charge in [0.05, 0.1) is 11.3 Å². The maximum Gasteiger partial charge on any atom is 0.337 e. The maximum atomic E-state index is 11.5. The van der Waals surface area contributed by atoms with Gasteiger partial charge in [-0.05, 0) is 32.1 Å². The number of para-hydroxylation sites is 1. The molecule has 0 aromatic heterocycles. The van der Waals surface area contributed by atoms with Crippen LogP contribution in [0.1, 0.15) is 23.2 Å². The number of hydrogen-bond donors (Lipinski definition) is 3. The van der Waals surface area contributed by atoms with Gasteiger partial charge in [-0.25, -0.2) is 4.79 Å². The highest BCUT2D eigenvalue weighted by atomic mass is 16.4. The van der Waals surface area contributed by atoms with Crippen molar-refractivity contribution >= 4 is 17.6 Å². The van der Waals surface area contributed by atoms with E-state index >= 15 is 0 Å². The van der Waals surface area contributed by atoms with E-state index in [2.05, 4.69) is 10.6 Å². The summed E-state index contributed by atoms with van der Waals surface area (Å²) < 4.78 is 0. The fraction of sp³-hybridized carbons (Fsp3) is 0.333. The maximum absolute atomic E-state index is 11.5. The molecule has 0 radical (unpaired) electrons. The first-order valence-electron chi connectivity index (χ1n) is 5.42. The van der Waals surface area contributed by atoms with Gasteiger partial charge < -0.3 is 15.7 Å². The molecule has 0 saturated carbocycles. The van der Waals surface area contributed by atoms with Gasteiger partial charge in [0.2, 0.25) is 5.91 Å². The van der Waals surface area contributed by atoms with E-state index < -0.39 is 5.97 Å². The molecule has 1 aromatic carbocycles. The molecule has 0 fully saturated rings. The van der Waals surface area contributed by atoms with Crippen LogP contribution in [0.2, 0.25) is 0 Å². The fourth-order valence-corrected chi connectivity index (χ4v) is 1.42. The topological polar surface area (TPSA) is 78.4 Å². The molecule has 0 aliphatic rings. The lowest BCUT2D eigenvalue weighted by atomic mass is 10.1. The van der Waals surface area contributed by atoms with Crippen LogP contribution >= 0.6 is 0 Å². The van der Waals surface area contributed by atoms with E-state index in [1.807, 2.05) is 7.05 Å². The fourth-order valence-electron chi connectivity index (χ4n) is 1.42. The van der Waals surface area contributed by atoms with Gasteiger partial charge >= 0.3 is 5.97 Å². The van der Waals surface area contributed by atoms with E-state index in [1.54, 1.807) is 18.2 Å². The SMILES string of the molecule is CNCCCC(=O)Nc1ccccc1C(=O)O. The summed E-state index contributed by atoms with van der Waals surface area (Å²) >= 11 is 0. The van der Waals surface area contributed by atoms with Crippen molar-refractivity contribution in [3.63, 3.8) is 0 Å².